The molecule has 0 saturated carbocycles. The van der Waals surface area contributed by atoms with Crippen LogP contribution < -0.4 is 11.2 Å². The summed E-state index contributed by atoms with van der Waals surface area (Å²) in [4.78, 5) is 35.7. The topological polar surface area (TPSA) is 142 Å². The van der Waals surface area contributed by atoms with Gasteiger partial charge in [-0.3, -0.25) is 19.1 Å². The third-order valence-electron chi connectivity index (χ3n) is 3.22. The van der Waals surface area contributed by atoms with Gasteiger partial charge in [-0.1, -0.05) is 0 Å². The Balaban J connectivity index is 2.59. The molecule has 1 aliphatic heterocycles. The summed E-state index contributed by atoms with van der Waals surface area (Å²) in [6.07, 6.45) is -3.22. The van der Waals surface area contributed by atoms with E-state index in [4.69, 9.17) is 9.84 Å². The van der Waals surface area contributed by atoms with E-state index in [0.29, 0.717) is 4.57 Å². The molecule has 21 heavy (non-hydrogen) atoms. The van der Waals surface area contributed by atoms with Gasteiger partial charge in [-0.15, -0.1) is 12.6 Å². The van der Waals surface area contributed by atoms with Gasteiger partial charge in [0.25, 0.3) is 11.4 Å². The van der Waals surface area contributed by atoms with Crippen molar-refractivity contribution in [2.75, 3.05) is 6.61 Å². The van der Waals surface area contributed by atoms with Crippen LogP contribution in [0, 0.1) is 0 Å². The second-order valence-electron chi connectivity index (χ2n) is 4.42. The zero-order chi connectivity index (χ0) is 16.0. The van der Waals surface area contributed by atoms with Crippen LogP contribution in [0.4, 0.5) is 4.39 Å². The van der Waals surface area contributed by atoms with E-state index in [1.54, 1.807) is 4.98 Å². The Kier molecular flexibility index (Phi) is 3.80. The van der Waals surface area contributed by atoms with Crippen molar-refractivity contribution in [3.05, 3.63) is 33.1 Å². The fourth-order valence-electron chi connectivity index (χ4n) is 2.08. The van der Waals surface area contributed by atoms with Gasteiger partial charge in [-0.05, 0) is 0 Å². The number of alkyl halides is 1. The lowest BCUT2D eigenvalue weighted by Crippen LogP contribution is -2.60. The highest BCUT2D eigenvalue weighted by atomic mass is 32.1. The molecule has 1 aromatic heterocycles. The van der Waals surface area contributed by atoms with E-state index in [1.165, 1.54) is 0 Å². The van der Waals surface area contributed by atoms with Gasteiger partial charge in [0.15, 0.2) is 0 Å². The average Bonchev–Trinajstić information content (AvgIpc) is 2.59. The molecule has 2 heterocycles. The summed E-state index contributed by atoms with van der Waals surface area (Å²) >= 11 is 3.28. The summed E-state index contributed by atoms with van der Waals surface area (Å²) in [6.45, 7) is -1.02. The Morgan fingerprint density at radius 1 is 1.52 bits per heavy atom. The fourth-order valence-corrected chi connectivity index (χ4v) is 2.38. The van der Waals surface area contributed by atoms with Crippen molar-refractivity contribution >= 4 is 17.7 Å². The lowest BCUT2D eigenvalue weighted by Gasteiger charge is -2.31. The van der Waals surface area contributed by atoms with Crippen LogP contribution >= 0.6 is 12.6 Å². The van der Waals surface area contributed by atoms with Gasteiger partial charge < -0.3 is 20.1 Å². The Labute approximate surface area is 121 Å². The molecule has 116 valence electrons. The highest BCUT2D eigenvalue weighted by Gasteiger charge is 2.71. The first kappa shape index (κ1) is 15.9. The van der Waals surface area contributed by atoms with E-state index in [9.17, 15) is 29.0 Å². The van der Waals surface area contributed by atoms with Crippen LogP contribution in [0.2, 0.25) is 0 Å². The Hall–Kier alpha value is -1.53. The minimum absolute atomic E-state index is 0.429. The van der Waals surface area contributed by atoms with Crippen LogP contribution in [-0.2, 0) is 9.53 Å². The lowest BCUT2D eigenvalue weighted by molar-refractivity contribution is -0.227. The summed E-state index contributed by atoms with van der Waals surface area (Å²) in [5.41, 5.74) is -5.11. The van der Waals surface area contributed by atoms with Gasteiger partial charge in [0.1, 0.15) is 6.10 Å². The van der Waals surface area contributed by atoms with Gasteiger partial charge in [0.2, 0.25) is 16.9 Å². The molecule has 4 atom stereocenters. The van der Waals surface area contributed by atoms with E-state index in [0.717, 1.165) is 12.3 Å². The van der Waals surface area contributed by atoms with E-state index < -0.39 is 46.8 Å². The highest BCUT2D eigenvalue weighted by Crippen LogP contribution is 2.47. The van der Waals surface area contributed by atoms with Crippen LogP contribution in [0.1, 0.15) is 6.23 Å². The zero-order valence-electron chi connectivity index (χ0n) is 10.3. The van der Waals surface area contributed by atoms with Crippen molar-refractivity contribution in [1.29, 1.82) is 0 Å². The molecule has 0 aliphatic carbocycles. The van der Waals surface area contributed by atoms with E-state index in [-0.39, 0.29) is 0 Å². The largest absolute Gasteiger partial charge is 0.394 e. The molecule has 1 aromatic rings. The smallest absolute Gasteiger partial charge is 0.330 e. The van der Waals surface area contributed by atoms with Crippen LogP contribution in [0.3, 0.4) is 0 Å². The predicted octanol–water partition coefficient (Wildman–Crippen LogP) is -2.73. The Morgan fingerprint density at radius 2 is 2.14 bits per heavy atom. The molecule has 0 amide bonds. The van der Waals surface area contributed by atoms with Crippen molar-refractivity contribution in [3.8, 4) is 0 Å². The van der Waals surface area contributed by atoms with Gasteiger partial charge >= 0.3 is 5.69 Å². The number of nitrogens with zero attached hydrogens (tertiary/aromatic N) is 1. The number of hydrogen-bond acceptors (Lipinski definition) is 7. The minimum atomic E-state index is -3.76. The van der Waals surface area contributed by atoms with Crippen molar-refractivity contribution < 1.29 is 29.2 Å². The molecule has 2 rings (SSSR count). The van der Waals surface area contributed by atoms with Crippen molar-refractivity contribution in [1.82, 2.24) is 9.55 Å². The van der Waals surface area contributed by atoms with E-state index in [1.807, 2.05) is 0 Å². The summed E-state index contributed by atoms with van der Waals surface area (Å²) in [7, 11) is 0. The summed E-state index contributed by atoms with van der Waals surface area (Å²) in [5.74, 6) is -3.76. The molecule has 0 unspecified atom stereocenters. The first-order valence-corrected chi connectivity index (χ1v) is 6.05. The first-order valence-electron chi connectivity index (χ1n) is 5.61. The highest BCUT2D eigenvalue weighted by molar-refractivity contribution is 7.96. The van der Waals surface area contributed by atoms with Gasteiger partial charge in [0.05, 0.1) is 6.61 Å². The number of ether oxygens (including phenoxy) is 1. The van der Waals surface area contributed by atoms with Crippen LogP contribution in [-0.4, -0.2) is 54.2 Å². The number of aromatic nitrogens is 2. The maximum absolute atomic E-state index is 14.5. The summed E-state index contributed by atoms with van der Waals surface area (Å²) in [6, 6.07) is 0.842. The molecule has 1 fully saturated rings. The Bertz CT molecular complexity index is 686. The number of nitrogens with one attached hydrogen (secondary N) is 1. The minimum Gasteiger partial charge on any atom is -0.394 e. The summed E-state index contributed by atoms with van der Waals surface area (Å²) < 4.78 is 19.8. The molecule has 0 radical (unpaired) electrons. The normalized spacial score (nSPS) is 35.9. The fraction of sp³-hybridized carbons (Fsp3) is 0.500. The number of aliphatic hydroxyl groups is 3. The molecule has 0 aromatic carbocycles. The third kappa shape index (κ3) is 2.13. The monoisotopic (exact) mass is 322 g/mol. The zero-order valence-corrected chi connectivity index (χ0v) is 11.2. The molecule has 4 N–H and O–H groups in total. The number of H-pyrrole nitrogens is 1. The molecule has 1 aliphatic rings. The maximum atomic E-state index is 14.5. The Morgan fingerprint density at radius 3 is 2.57 bits per heavy atom. The average molecular weight is 322 g/mol. The number of aliphatic hydroxyl groups excluding tert-OH is 1. The lowest BCUT2D eigenvalue weighted by atomic mass is 9.91. The molecular formula is C10H11FN2O7S. The van der Waals surface area contributed by atoms with Crippen molar-refractivity contribution in [2.45, 2.75) is 23.8 Å². The number of thiol groups is 1. The quantitative estimate of drug-likeness (QED) is 0.380. The SMILES string of the molecule is O=C(S)[C@@]1(O)[C@@H](CO)O[C@@H](n2ccc(=O)[nH]c2=O)[C@@]1(O)F. The van der Waals surface area contributed by atoms with Crippen LogP contribution in [0.25, 0.3) is 0 Å². The summed E-state index contributed by atoms with van der Waals surface area (Å²) in [5, 5.41) is 27.4. The van der Waals surface area contributed by atoms with E-state index in [2.05, 4.69) is 12.6 Å². The third-order valence-corrected chi connectivity index (χ3v) is 3.56. The molecule has 9 nitrogen and oxygen atoms in total. The van der Waals surface area contributed by atoms with Gasteiger partial charge in [-0.25, -0.2) is 9.18 Å². The number of hydrogen-bond donors (Lipinski definition) is 5. The van der Waals surface area contributed by atoms with Crippen LogP contribution in [0.5, 0.6) is 0 Å². The maximum Gasteiger partial charge on any atom is 0.330 e. The molecule has 11 heteroatoms. The first-order chi connectivity index (χ1) is 9.66. The number of halogens is 1. The predicted molar refractivity (Wildman–Crippen MR) is 67.3 cm³/mol. The number of carbonyl (C=O) groups excluding carboxylic acids is 1. The number of rotatable bonds is 3. The molecular weight excluding hydrogens is 311 g/mol. The van der Waals surface area contributed by atoms with Gasteiger partial charge in [-0.2, -0.15) is 0 Å². The molecule has 0 spiro atoms. The molecule has 1 saturated heterocycles. The van der Waals surface area contributed by atoms with Crippen molar-refractivity contribution in [2.24, 2.45) is 0 Å². The molecule has 0 bridgehead atoms. The number of carbonyl (C=O) groups is 1. The van der Waals surface area contributed by atoms with Crippen molar-refractivity contribution in [3.63, 3.8) is 0 Å². The van der Waals surface area contributed by atoms with Gasteiger partial charge in [0, 0.05) is 12.3 Å². The standard InChI is InChI=1S/C10H11FN2O7S/c11-10(19)6(13-2-1-5(15)12-8(13)17)20-4(3-14)9(10,18)7(16)21/h1-2,4,6,14,18-19H,3H2,(H,16,21)(H,12,15,17)/t4-,6-,9+,10+/m1/s1. The van der Waals surface area contributed by atoms with E-state index >= 15 is 0 Å². The second-order valence-corrected chi connectivity index (χ2v) is 4.83. The second kappa shape index (κ2) is 5.03. The number of aromatic amines is 1. The van der Waals surface area contributed by atoms with Crippen LogP contribution in [0.15, 0.2) is 21.9 Å².